The molecule has 1 aromatic heterocycles. The van der Waals surface area contributed by atoms with Gasteiger partial charge in [0.25, 0.3) is 5.56 Å². The van der Waals surface area contributed by atoms with Gasteiger partial charge in [-0.3, -0.25) is 9.59 Å². The van der Waals surface area contributed by atoms with E-state index in [1.54, 1.807) is 32.2 Å². The first kappa shape index (κ1) is 13.3. The summed E-state index contributed by atoms with van der Waals surface area (Å²) in [6.07, 6.45) is 1.63. The standard InChI is InChI=1S/C14H16N2O3/c1-14(2,13(18)19-3)9-16-12(17)11-7-5-4-6-10(11)8-15-16/h4-8H,9H2,1-3H3. The van der Waals surface area contributed by atoms with Crippen LogP contribution in [0.1, 0.15) is 13.8 Å². The van der Waals surface area contributed by atoms with Crippen LogP contribution < -0.4 is 5.56 Å². The SMILES string of the molecule is COC(=O)C(C)(C)Cn1ncc2ccccc2c1=O. The Bertz CT molecular complexity index is 674. The molecule has 0 aliphatic heterocycles. The molecule has 100 valence electrons. The molecule has 0 aliphatic rings. The molecule has 0 spiro atoms. The van der Waals surface area contributed by atoms with Gasteiger partial charge in [0.1, 0.15) is 0 Å². The lowest BCUT2D eigenvalue weighted by molar-refractivity contribution is -0.151. The summed E-state index contributed by atoms with van der Waals surface area (Å²) in [5, 5.41) is 5.49. The molecule has 0 saturated heterocycles. The first-order chi connectivity index (χ1) is 8.95. The Balaban J connectivity index is 2.45. The molecule has 0 bridgehead atoms. The van der Waals surface area contributed by atoms with Gasteiger partial charge in [-0.15, -0.1) is 0 Å². The Morgan fingerprint density at radius 2 is 2.05 bits per heavy atom. The van der Waals surface area contributed by atoms with Crippen molar-refractivity contribution in [3.8, 4) is 0 Å². The lowest BCUT2D eigenvalue weighted by Crippen LogP contribution is -2.36. The van der Waals surface area contributed by atoms with E-state index in [2.05, 4.69) is 5.10 Å². The van der Waals surface area contributed by atoms with E-state index in [1.165, 1.54) is 11.8 Å². The minimum atomic E-state index is -0.798. The van der Waals surface area contributed by atoms with Crippen molar-refractivity contribution in [1.82, 2.24) is 9.78 Å². The minimum Gasteiger partial charge on any atom is -0.469 e. The molecule has 0 aliphatic carbocycles. The average molecular weight is 260 g/mol. The van der Waals surface area contributed by atoms with Crippen LogP contribution in [0.5, 0.6) is 0 Å². The second kappa shape index (κ2) is 4.84. The van der Waals surface area contributed by atoms with Gasteiger partial charge in [0.05, 0.1) is 30.7 Å². The number of nitrogens with zero attached hydrogens (tertiary/aromatic N) is 2. The number of ether oxygens (including phenoxy) is 1. The molecule has 2 rings (SSSR count). The summed E-state index contributed by atoms with van der Waals surface area (Å²) in [6.45, 7) is 3.63. The molecule has 0 atom stereocenters. The number of aromatic nitrogens is 2. The van der Waals surface area contributed by atoms with Crippen LogP contribution in [0.15, 0.2) is 35.3 Å². The predicted octanol–water partition coefficient (Wildman–Crippen LogP) is 1.60. The van der Waals surface area contributed by atoms with Crippen molar-refractivity contribution >= 4 is 16.7 Å². The fraction of sp³-hybridized carbons (Fsp3) is 0.357. The fourth-order valence-electron chi connectivity index (χ4n) is 1.96. The average Bonchev–Trinajstić information content (AvgIpc) is 2.41. The molecule has 0 unspecified atom stereocenters. The van der Waals surface area contributed by atoms with Gasteiger partial charge < -0.3 is 4.74 Å². The molecule has 19 heavy (non-hydrogen) atoms. The second-order valence-electron chi connectivity index (χ2n) is 5.07. The zero-order chi connectivity index (χ0) is 14.0. The maximum Gasteiger partial charge on any atom is 0.313 e. The largest absolute Gasteiger partial charge is 0.469 e. The Morgan fingerprint density at radius 1 is 1.37 bits per heavy atom. The molecule has 0 N–H and O–H groups in total. The molecule has 1 heterocycles. The zero-order valence-corrected chi connectivity index (χ0v) is 11.2. The zero-order valence-electron chi connectivity index (χ0n) is 11.2. The van der Waals surface area contributed by atoms with E-state index in [9.17, 15) is 9.59 Å². The van der Waals surface area contributed by atoms with Gasteiger partial charge in [0.15, 0.2) is 0 Å². The van der Waals surface area contributed by atoms with Crippen LogP contribution in [-0.2, 0) is 16.1 Å². The van der Waals surface area contributed by atoms with Crippen molar-refractivity contribution < 1.29 is 9.53 Å². The van der Waals surface area contributed by atoms with Crippen molar-refractivity contribution in [2.24, 2.45) is 5.41 Å². The van der Waals surface area contributed by atoms with Gasteiger partial charge in [-0.25, -0.2) is 4.68 Å². The fourth-order valence-corrected chi connectivity index (χ4v) is 1.96. The highest BCUT2D eigenvalue weighted by atomic mass is 16.5. The van der Waals surface area contributed by atoms with Crippen molar-refractivity contribution in [1.29, 1.82) is 0 Å². The highest BCUT2D eigenvalue weighted by Crippen LogP contribution is 2.19. The lowest BCUT2D eigenvalue weighted by Gasteiger charge is -2.21. The highest BCUT2D eigenvalue weighted by Gasteiger charge is 2.30. The number of carbonyl (C=O) groups is 1. The Morgan fingerprint density at radius 3 is 2.74 bits per heavy atom. The van der Waals surface area contributed by atoms with Gasteiger partial charge in [0.2, 0.25) is 0 Å². The van der Waals surface area contributed by atoms with Crippen LogP contribution in [-0.4, -0.2) is 22.9 Å². The van der Waals surface area contributed by atoms with E-state index >= 15 is 0 Å². The summed E-state index contributed by atoms with van der Waals surface area (Å²) in [6, 6.07) is 7.24. The third-order valence-electron chi connectivity index (χ3n) is 3.04. The summed E-state index contributed by atoms with van der Waals surface area (Å²) >= 11 is 0. The smallest absolute Gasteiger partial charge is 0.313 e. The van der Waals surface area contributed by atoms with Crippen molar-refractivity contribution in [2.75, 3.05) is 7.11 Å². The summed E-state index contributed by atoms with van der Waals surface area (Å²) in [4.78, 5) is 23.9. The molecule has 2 aromatic rings. The predicted molar refractivity (Wildman–Crippen MR) is 71.8 cm³/mol. The number of hydrogen-bond acceptors (Lipinski definition) is 4. The number of methoxy groups -OCH3 is 1. The summed E-state index contributed by atoms with van der Waals surface area (Å²) < 4.78 is 6.04. The van der Waals surface area contributed by atoms with E-state index < -0.39 is 5.41 Å². The van der Waals surface area contributed by atoms with Crippen LogP contribution in [0, 0.1) is 5.41 Å². The van der Waals surface area contributed by atoms with E-state index in [1.807, 2.05) is 12.1 Å². The van der Waals surface area contributed by atoms with E-state index in [4.69, 9.17) is 4.74 Å². The lowest BCUT2D eigenvalue weighted by atomic mass is 9.94. The monoisotopic (exact) mass is 260 g/mol. The Labute approximate surface area is 110 Å². The highest BCUT2D eigenvalue weighted by molar-refractivity contribution is 5.80. The molecule has 0 saturated carbocycles. The van der Waals surface area contributed by atoms with Gasteiger partial charge in [-0.1, -0.05) is 18.2 Å². The summed E-state index contributed by atoms with van der Waals surface area (Å²) in [5.74, 6) is -0.366. The number of benzene rings is 1. The van der Waals surface area contributed by atoms with Crippen molar-refractivity contribution in [3.05, 3.63) is 40.8 Å². The van der Waals surface area contributed by atoms with Crippen LogP contribution >= 0.6 is 0 Å². The Kier molecular flexibility index (Phi) is 3.38. The quantitative estimate of drug-likeness (QED) is 0.786. The van der Waals surface area contributed by atoms with Crippen LogP contribution in [0.2, 0.25) is 0 Å². The number of carbonyl (C=O) groups excluding carboxylic acids is 1. The van der Waals surface area contributed by atoms with Crippen molar-refractivity contribution in [2.45, 2.75) is 20.4 Å². The molecular formula is C14H16N2O3. The summed E-state index contributed by atoms with van der Waals surface area (Å²) in [5.41, 5.74) is -0.997. The molecule has 1 aromatic carbocycles. The maximum absolute atomic E-state index is 12.3. The number of fused-ring (bicyclic) bond motifs is 1. The first-order valence-corrected chi connectivity index (χ1v) is 5.99. The minimum absolute atomic E-state index is 0.184. The molecule has 0 fully saturated rings. The van der Waals surface area contributed by atoms with Crippen LogP contribution in [0.4, 0.5) is 0 Å². The van der Waals surface area contributed by atoms with Crippen LogP contribution in [0.25, 0.3) is 10.8 Å². The van der Waals surface area contributed by atoms with Crippen LogP contribution in [0.3, 0.4) is 0 Å². The van der Waals surface area contributed by atoms with E-state index in [0.717, 1.165) is 5.39 Å². The molecular weight excluding hydrogens is 244 g/mol. The molecule has 5 heteroatoms. The van der Waals surface area contributed by atoms with Gasteiger partial charge in [0, 0.05) is 5.39 Å². The number of rotatable bonds is 3. The number of esters is 1. The first-order valence-electron chi connectivity index (χ1n) is 5.99. The van der Waals surface area contributed by atoms with E-state index in [0.29, 0.717) is 5.39 Å². The molecule has 0 amide bonds. The number of hydrogen-bond donors (Lipinski definition) is 0. The van der Waals surface area contributed by atoms with Gasteiger partial charge in [-0.05, 0) is 19.9 Å². The third-order valence-corrected chi connectivity index (χ3v) is 3.04. The maximum atomic E-state index is 12.3. The van der Waals surface area contributed by atoms with Gasteiger partial charge >= 0.3 is 5.97 Å². The topological polar surface area (TPSA) is 61.2 Å². The molecule has 5 nitrogen and oxygen atoms in total. The normalized spacial score (nSPS) is 11.5. The summed E-state index contributed by atoms with van der Waals surface area (Å²) in [7, 11) is 1.33. The van der Waals surface area contributed by atoms with Gasteiger partial charge in [-0.2, -0.15) is 5.10 Å². The van der Waals surface area contributed by atoms with E-state index in [-0.39, 0.29) is 18.1 Å². The Hall–Kier alpha value is -2.17. The second-order valence-corrected chi connectivity index (χ2v) is 5.07. The third kappa shape index (κ3) is 2.50. The molecule has 0 radical (unpaired) electrons. The van der Waals surface area contributed by atoms with Crippen molar-refractivity contribution in [3.63, 3.8) is 0 Å².